The van der Waals surface area contributed by atoms with Crippen molar-refractivity contribution in [2.24, 2.45) is 4.99 Å². The summed E-state index contributed by atoms with van der Waals surface area (Å²) in [7, 11) is 3.04. The lowest BCUT2D eigenvalue weighted by molar-refractivity contribution is -0.143. The minimum Gasteiger partial charge on any atom is -0.496 e. The first-order valence-electron chi connectivity index (χ1n) is 11.9. The molecule has 0 amide bonds. The quantitative estimate of drug-likeness (QED) is 0.355. The number of ether oxygens (including phenoxy) is 4. The summed E-state index contributed by atoms with van der Waals surface area (Å²) in [5.41, 5.74) is 1.70. The monoisotopic (exact) mass is 611 g/mol. The van der Waals surface area contributed by atoms with Crippen LogP contribution in [0, 0.1) is 11.3 Å². The van der Waals surface area contributed by atoms with Crippen LogP contribution in [0.5, 0.6) is 17.2 Å². The molecule has 0 radical (unpaired) electrons. The van der Waals surface area contributed by atoms with Crippen LogP contribution in [0.4, 0.5) is 0 Å². The number of allylic oxidation sites excluding steroid dienone is 1. The molecule has 4 rings (SSSR count). The number of benzene rings is 2. The summed E-state index contributed by atoms with van der Waals surface area (Å²) < 4.78 is 24.7. The van der Waals surface area contributed by atoms with E-state index in [0.717, 1.165) is 4.47 Å². The second-order valence-corrected chi connectivity index (χ2v) is 10.7. The minimum atomic E-state index is -0.821. The van der Waals surface area contributed by atoms with Gasteiger partial charge in [-0.15, -0.1) is 0 Å². The Labute approximate surface area is 237 Å². The number of aromatic nitrogens is 1. The summed E-state index contributed by atoms with van der Waals surface area (Å²) >= 11 is 4.72. The summed E-state index contributed by atoms with van der Waals surface area (Å²) in [6.45, 7) is 5.15. The van der Waals surface area contributed by atoms with Crippen molar-refractivity contribution >= 4 is 39.3 Å². The summed E-state index contributed by atoms with van der Waals surface area (Å²) in [5.74, 6) is 0.812. The second-order valence-electron chi connectivity index (χ2n) is 8.78. The van der Waals surface area contributed by atoms with Crippen LogP contribution in [0.3, 0.4) is 0 Å². The first kappa shape index (κ1) is 28.1. The van der Waals surface area contributed by atoms with Gasteiger partial charge in [-0.1, -0.05) is 33.3 Å². The van der Waals surface area contributed by atoms with E-state index in [1.165, 1.54) is 30.1 Å². The number of hydrogen-bond acceptors (Lipinski definition) is 9. The van der Waals surface area contributed by atoms with Crippen molar-refractivity contribution in [2.75, 3.05) is 20.8 Å². The van der Waals surface area contributed by atoms with Crippen molar-refractivity contribution in [3.8, 4) is 23.3 Å². The van der Waals surface area contributed by atoms with E-state index in [1.807, 2.05) is 18.2 Å². The molecule has 202 valence electrons. The van der Waals surface area contributed by atoms with E-state index in [4.69, 9.17) is 24.2 Å². The fourth-order valence-corrected chi connectivity index (χ4v) is 5.65. The molecule has 0 spiro atoms. The Kier molecular flexibility index (Phi) is 8.57. The fraction of sp³-hybridized carbons (Fsp3) is 0.286. The molecule has 0 bridgehead atoms. The Bertz CT molecular complexity index is 1680. The van der Waals surface area contributed by atoms with Gasteiger partial charge < -0.3 is 18.9 Å². The van der Waals surface area contributed by atoms with Gasteiger partial charge >= 0.3 is 5.97 Å². The predicted octanol–water partition coefficient (Wildman–Crippen LogP) is 3.87. The summed E-state index contributed by atoms with van der Waals surface area (Å²) in [4.78, 5) is 32.3. The molecular formula is C28H26BrN3O6S. The average molecular weight is 613 g/mol. The van der Waals surface area contributed by atoms with Crippen molar-refractivity contribution in [3.63, 3.8) is 0 Å². The standard InChI is InChI=1S/C28H26BrN3O6S/c1-15(2)38-27(34)24-16(3)31-28-32(25(24)19-14-18(29)7-9-20(19)35-4)26(33)23(39-28)13-17-6-8-21(37-11-10-30)22(12-17)36-5/h6-9,12-15,25H,11H2,1-5H3/b23-13-/t25-/m1/s1. The molecule has 9 nitrogen and oxygen atoms in total. The number of fused-ring (bicyclic) bond motifs is 1. The first-order chi connectivity index (χ1) is 18.7. The Balaban J connectivity index is 1.93. The third-order valence-electron chi connectivity index (χ3n) is 5.85. The number of esters is 1. The molecule has 0 saturated carbocycles. The molecule has 1 aromatic heterocycles. The molecule has 2 aromatic carbocycles. The van der Waals surface area contributed by atoms with Crippen molar-refractivity contribution in [2.45, 2.75) is 32.9 Å². The van der Waals surface area contributed by atoms with Gasteiger partial charge in [-0.05, 0) is 62.7 Å². The van der Waals surface area contributed by atoms with E-state index >= 15 is 0 Å². The molecular weight excluding hydrogens is 586 g/mol. The van der Waals surface area contributed by atoms with Gasteiger partial charge in [-0.3, -0.25) is 9.36 Å². The van der Waals surface area contributed by atoms with E-state index in [0.29, 0.717) is 43.4 Å². The smallest absolute Gasteiger partial charge is 0.338 e. The molecule has 11 heteroatoms. The van der Waals surface area contributed by atoms with E-state index in [1.54, 1.807) is 51.1 Å². The zero-order valence-electron chi connectivity index (χ0n) is 22.0. The van der Waals surface area contributed by atoms with Crippen LogP contribution >= 0.6 is 27.3 Å². The van der Waals surface area contributed by atoms with Crippen LogP contribution in [0.15, 0.2) is 61.9 Å². The van der Waals surface area contributed by atoms with Gasteiger partial charge in [0.1, 0.15) is 17.9 Å². The number of hydrogen-bond donors (Lipinski definition) is 0. The molecule has 0 saturated heterocycles. The highest BCUT2D eigenvalue weighted by Gasteiger charge is 2.35. The number of carbonyl (C=O) groups is 1. The topological polar surface area (TPSA) is 112 Å². The maximum Gasteiger partial charge on any atom is 0.338 e. The number of carbonyl (C=O) groups excluding carboxylic acids is 1. The molecule has 0 unspecified atom stereocenters. The van der Waals surface area contributed by atoms with Gasteiger partial charge in [0.25, 0.3) is 5.56 Å². The summed E-state index contributed by atoms with van der Waals surface area (Å²) in [5, 5.41) is 8.81. The SMILES string of the molecule is COc1cc(/C=c2\sc3n(c2=O)[C@H](c2cc(Br)ccc2OC)C(C(=O)OC(C)C)=C(C)N=3)ccc1OCC#N. The molecule has 0 N–H and O–H groups in total. The normalized spacial score (nSPS) is 14.9. The molecule has 2 heterocycles. The highest BCUT2D eigenvalue weighted by atomic mass is 79.9. The van der Waals surface area contributed by atoms with E-state index < -0.39 is 12.0 Å². The van der Waals surface area contributed by atoms with E-state index in [9.17, 15) is 9.59 Å². The maximum atomic E-state index is 13.9. The highest BCUT2D eigenvalue weighted by Crippen LogP contribution is 2.37. The number of halogens is 1. The Morgan fingerprint density at radius 2 is 1.90 bits per heavy atom. The van der Waals surface area contributed by atoms with Crippen molar-refractivity contribution in [1.29, 1.82) is 5.26 Å². The Morgan fingerprint density at radius 1 is 1.18 bits per heavy atom. The Morgan fingerprint density at radius 3 is 2.56 bits per heavy atom. The molecule has 39 heavy (non-hydrogen) atoms. The van der Waals surface area contributed by atoms with Gasteiger partial charge in [0.15, 0.2) is 22.9 Å². The predicted molar refractivity (Wildman–Crippen MR) is 150 cm³/mol. The number of rotatable bonds is 8. The molecule has 0 fully saturated rings. The number of nitrogens with zero attached hydrogens (tertiary/aromatic N) is 3. The third-order valence-corrected chi connectivity index (χ3v) is 7.32. The van der Waals surface area contributed by atoms with Gasteiger partial charge in [0.05, 0.1) is 36.1 Å². The van der Waals surface area contributed by atoms with Crippen LogP contribution in [0.2, 0.25) is 0 Å². The van der Waals surface area contributed by atoms with E-state index in [2.05, 4.69) is 20.9 Å². The lowest BCUT2D eigenvalue weighted by Gasteiger charge is -2.26. The minimum absolute atomic E-state index is 0.117. The largest absolute Gasteiger partial charge is 0.496 e. The van der Waals surface area contributed by atoms with Gasteiger partial charge in [-0.2, -0.15) is 5.26 Å². The number of methoxy groups -OCH3 is 2. The number of thiazole rings is 1. The Hall–Kier alpha value is -3.88. The maximum absolute atomic E-state index is 13.9. The third kappa shape index (κ3) is 5.77. The average Bonchev–Trinajstić information content (AvgIpc) is 3.20. The number of nitriles is 1. The van der Waals surface area contributed by atoms with Crippen LogP contribution in [-0.2, 0) is 9.53 Å². The van der Waals surface area contributed by atoms with Crippen molar-refractivity contribution < 1.29 is 23.7 Å². The van der Waals surface area contributed by atoms with Crippen LogP contribution < -0.4 is 29.1 Å². The van der Waals surface area contributed by atoms with Crippen molar-refractivity contribution in [3.05, 3.63) is 83.0 Å². The van der Waals surface area contributed by atoms with Gasteiger partial charge in [0.2, 0.25) is 0 Å². The highest BCUT2D eigenvalue weighted by molar-refractivity contribution is 9.10. The second kappa shape index (κ2) is 11.9. The fourth-order valence-electron chi connectivity index (χ4n) is 4.23. The van der Waals surface area contributed by atoms with Crippen molar-refractivity contribution in [1.82, 2.24) is 4.57 Å². The van der Waals surface area contributed by atoms with E-state index in [-0.39, 0.29) is 23.8 Å². The van der Waals surface area contributed by atoms with Gasteiger partial charge in [0, 0.05) is 10.0 Å². The summed E-state index contributed by atoms with van der Waals surface area (Å²) in [6, 6.07) is 11.7. The molecule has 3 aromatic rings. The molecule has 0 aliphatic carbocycles. The first-order valence-corrected chi connectivity index (χ1v) is 13.5. The summed E-state index contributed by atoms with van der Waals surface area (Å²) in [6.07, 6.45) is 1.36. The van der Waals surface area contributed by atoms with Crippen LogP contribution in [-0.4, -0.2) is 37.5 Å². The molecule has 1 aliphatic heterocycles. The zero-order chi connectivity index (χ0) is 28.3. The zero-order valence-corrected chi connectivity index (χ0v) is 24.4. The molecule has 1 atom stereocenters. The van der Waals surface area contributed by atoms with Gasteiger partial charge in [-0.25, -0.2) is 9.79 Å². The van der Waals surface area contributed by atoms with Crippen LogP contribution in [0.25, 0.3) is 6.08 Å². The molecule has 1 aliphatic rings. The lowest BCUT2D eigenvalue weighted by atomic mass is 9.95. The van der Waals surface area contributed by atoms with Crippen LogP contribution in [0.1, 0.15) is 37.9 Å². The lowest BCUT2D eigenvalue weighted by Crippen LogP contribution is -2.40.